The van der Waals surface area contributed by atoms with Crippen molar-refractivity contribution >= 4 is 27.7 Å². The Morgan fingerprint density at radius 1 is 0.971 bits per heavy atom. The van der Waals surface area contributed by atoms with Crippen molar-refractivity contribution in [2.24, 2.45) is 0 Å². The zero-order valence-corrected chi connectivity index (χ0v) is 22.1. The van der Waals surface area contributed by atoms with E-state index in [1.807, 2.05) is 87.5 Å². The largest absolute Gasteiger partial charge is 0.484 e. The van der Waals surface area contributed by atoms with Crippen molar-refractivity contribution in [1.29, 1.82) is 0 Å². The van der Waals surface area contributed by atoms with Gasteiger partial charge in [-0.2, -0.15) is 0 Å². The molecule has 3 aromatic carbocycles. The molecule has 0 saturated carbocycles. The first-order valence-corrected chi connectivity index (χ1v) is 12.7. The molecule has 0 heterocycles. The lowest BCUT2D eigenvalue weighted by Gasteiger charge is -2.32. The van der Waals surface area contributed by atoms with E-state index in [-0.39, 0.29) is 24.5 Å². The molecule has 6 heteroatoms. The molecule has 0 aliphatic rings. The van der Waals surface area contributed by atoms with E-state index in [0.29, 0.717) is 18.7 Å². The van der Waals surface area contributed by atoms with Crippen molar-refractivity contribution in [2.75, 3.05) is 6.61 Å². The van der Waals surface area contributed by atoms with Crippen LogP contribution in [0.3, 0.4) is 0 Å². The molecule has 184 valence electrons. The van der Waals surface area contributed by atoms with Crippen molar-refractivity contribution in [3.63, 3.8) is 0 Å². The molecule has 0 unspecified atom stereocenters. The maximum atomic E-state index is 13.6. The van der Waals surface area contributed by atoms with Crippen LogP contribution in [-0.2, 0) is 22.6 Å². The molecule has 0 aliphatic carbocycles. The van der Waals surface area contributed by atoms with Gasteiger partial charge in [-0.15, -0.1) is 0 Å². The lowest BCUT2D eigenvalue weighted by Crippen LogP contribution is -2.53. The zero-order valence-electron chi connectivity index (χ0n) is 20.5. The van der Waals surface area contributed by atoms with Crippen LogP contribution in [0.1, 0.15) is 37.0 Å². The van der Waals surface area contributed by atoms with Crippen molar-refractivity contribution in [3.05, 3.63) is 100 Å². The van der Waals surface area contributed by atoms with Gasteiger partial charge in [0.2, 0.25) is 5.91 Å². The second-order valence-electron chi connectivity index (χ2n) is 8.71. The van der Waals surface area contributed by atoms with Crippen molar-refractivity contribution in [1.82, 2.24) is 10.2 Å². The molecular weight excluding hydrogens is 504 g/mol. The number of carbonyl (C=O) groups is 2. The van der Waals surface area contributed by atoms with Gasteiger partial charge in [-0.3, -0.25) is 9.59 Å². The van der Waals surface area contributed by atoms with Crippen LogP contribution in [-0.4, -0.2) is 35.4 Å². The first-order chi connectivity index (χ1) is 16.9. The van der Waals surface area contributed by atoms with Crippen LogP contribution >= 0.6 is 15.9 Å². The lowest BCUT2D eigenvalue weighted by molar-refractivity contribution is -0.143. The molecule has 3 rings (SSSR count). The minimum Gasteiger partial charge on any atom is -0.484 e. The molecular formula is C29H33BrN2O3. The van der Waals surface area contributed by atoms with Gasteiger partial charge in [0.05, 0.1) is 0 Å². The number of carbonyl (C=O) groups excluding carboxylic acids is 2. The molecule has 2 atom stereocenters. The van der Waals surface area contributed by atoms with Gasteiger partial charge in [-0.1, -0.05) is 77.5 Å². The van der Waals surface area contributed by atoms with Crippen LogP contribution in [0, 0.1) is 6.92 Å². The normalized spacial score (nSPS) is 12.5. The highest BCUT2D eigenvalue weighted by atomic mass is 79.9. The molecule has 0 bridgehead atoms. The first kappa shape index (κ1) is 26.5. The van der Waals surface area contributed by atoms with E-state index in [2.05, 4.69) is 21.2 Å². The van der Waals surface area contributed by atoms with E-state index in [9.17, 15) is 9.59 Å². The van der Waals surface area contributed by atoms with Crippen LogP contribution < -0.4 is 10.1 Å². The standard InChI is InChI=1S/C29H33BrN2O3/c1-4-22(3)31-29(34)27(18-23-11-6-5-7-12-23)32(19-24-13-9-8-10-21(24)2)28(33)20-35-26-16-14-25(30)15-17-26/h5-17,22,27H,4,18-20H2,1-3H3,(H,31,34)/t22-,27+/m1/s1. The molecule has 0 fully saturated rings. The van der Waals surface area contributed by atoms with Crippen molar-refractivity contribution < 1.29 is 14.3 Å². The molecule has 0 spiro atoms. The third-order valence-electron chi connectivity index (χ3n) is 6.05. The summed E-state index contributed by atoms with van der Waals surface area (Å²) in [5.41, 5.74) is 3.06. The van der Waals surface area contributed by atoms with E-state index >= 15 is 0 Å². The lowest BCUT2D eigenvalue weighted by atomic mass is 10.0. The Kier molecular flexibility index (Phi) is 9.91. The zero-order chi connectivity index (χ0) is 25.2. The number of ether oxygens (including phenoxy) is 1. The second kappa shape index (κ2) is 13.1. The first-order valence-electron chi connectivity index (χ1n) is 11.9. The Balaban J connectivity index is 1.91. The monoisotopic (exact) mass is 536 g/mol. The van der Waals surface area contributed by atoms with Gasteiger partial charge >= 0.3 is 0 Å². The maximum Gasteiger partial charge on any atom is 0.261 e. The Bertz CT molecular complexity index is 1100. The van der Waals surface area contributed by atoms with Crippen LogP contribution in [0.25, 0.3) is 0 Å². The van der Waals surface area contributed by atoms with Gasteiger partial charge < -0.3 is 15.0 Å². The summed E-state index contributed by atoms with van der Waals surface area (Å²) in [7, 11) is 0. The number of halogens is 1. The quantitative estimate of drug-likeness (QED) is 0.342. The highest BCUT2D eigenvalue weighted by Crippen LogP contribution is 2.19. The molecule has 0 aliphatic heterocycles. The van der Waals surface area contributed by atoms with E-state index in [4.69, 9.17) is 4.74 Å². The van der Waals surface area contributed by atoms with Gasteiger partial charge in [0, 0.05) is 23.5 Å². The Morgan fingerprint density at radius 3 is 2.29 bits per heavy atom. The van der Waals surface area contributed by atoms with Crippen LogP contribution in [0.2, 0.25) is 0 Å². The number of hydrogen-bond acceptors (Lipinski definition) is 3. The van der Waals surface area contributed by atoms with Crippen LogP contribution in [0.4, 0.5) is 0 Å². The Labute approximate surface area is 216 Å². The number of nitrogens with zero attached hydrogens (tertiary/aromatic N) is 1. The molecule has 0 saturated heterocycles. The average Bonchev–Trinajstić information content (AvgIpc) is 2.87. The summed E-state index contributed by atoms with van der Waals surface area (Å²) in [5.74, 6) is 0.200. The molecule has 1 N–H and O–H groups in total. The SMILES string of the molecule is CC[C@@H](C)NC(=O)[C@H](Cc1ccccc1)N(Cc1ccccc1C)C(=O)COc1ccc(Br)cc1. The fourth-order valence-corrected chi connectivity index (χ4v) is 3.99. The minimum atomic E-state index is -0.674. The van der Waals surface area contributed by atoms with Gasteiger partial charge in [-0.25, -0.2) is 0 Å². The topological polar surface area (TPSA) is 58.6 Å². The Hall–Kier alpha value is -3.12. The third-order valence-corrected chi connectivity index (χ3v) is 6.58. The molecule has 0 radical (unpaired) electrons. The van der Waals surface area contributed by atoms with Gasteiger partial charge in [0.25, 0.3) is 5.91 Å². The van der Waals surface area contributed by atoms with Crippen LogP contribution in [0.5, 0.6) is 5.75 Å². The number of amides is 2. The van der Waals surface area contributed by atoms with E-state index in [1.165, 1.54) is 0 Å². The number of benzene rings is 3. The number of rotatable bonds is 11. The van der Waals surface area contributed by atoms with Crippen molar-refractivity contribution in [3.8, 4) is 5.75 Å². The van der Waals surface area contributed by atoms with Crippen LogP contribution in [0.15, 0.2) is 83.3 Å². The maximum absolute atomic E-state index is 13.6. The van der Waals surface area contributed by atoms with E-state index < -0.39 is 6.04 Å². The number of nitrogens with one attached hydrogen (secondary N) is 1. The summed E-state index contributed by atoms with van der Waals surface area (Å²) < 4.78 is 6.74. The Morgan fingerprint density at radius 2 is 1.63 bits per heavy atom. The highest BCUT2D eigenvalue weighted by Gasteiger charge is 2.31. The van der Waals surface area contributed by atoms with Crippen molar-refractivity contribution in [2.45, 2.75) is 52.2 Å². The fraction of sp³-hybridized carbons (Fsp3) is 0.310. The van der Waals surface area contributed by atoms with E-state index in [1.54, 1.807) is 17.0 Å². The number of hydrogen-bond donors (Lipinski definition) is 1. The third kappa shape index (κ3) is 7.96. The van der Waals surface area contributed by atoms with Gasteiger partial charge in [0.1, 0.15) is 11.8 Å². The molecule has 2 amide bonds. The summed E-state index contributed by atoms with van der Waals surface area (Å²) in [4.78, 5) is 28.8. The van der Waals surface area contributed by atoms with E-state index in [0.717, 1.165) is 27.6 Å². The summed E-state index contributed by atoms with van der Waals surface area (Å²) in [6, 6.07) is 24.4. The molecule has 3 aromatic rings. The summed E-state index contributed by atoms with van der Waals surface area (Å²) in [6.45, 7) is 6.18. The highest BCUT2D eigenvalue weighted by molar-refractivity contribution is 9.10. The predicted molar refractivity (Wildman–Crippen MR) is 143 cm³/mol. The predicted octanol–water partition coefficient (Wildman–Crippen LogP) is 5.69. The number of aryl methyl sites for hydroxylation is 1. The minimum absolute atomic E-state index is 0.00945. The molecule has 0 aromatic heterocycles. The fourth-order valence-electron chi connectivity index (χ4n) is 3.72. The summed E-state index contributed by atoms with van der Waals surface area (Å²) >= 11 is 3.41. The smallest absolute Gasteiger partial charge is 0.261 e. The molecule has 5 nitrogen and oxygen atoms in total. The average molecular weight is 537 g/mol. The second-order valence-corrected chi connectivity index (χ2v) is 9.63. The summed E-state index contributed by atoms with van der Waals surface area (Å²) in [6.07, 6.45) is 1.22. The van der Waals surface area contributed by atoms with Gasteiger partial charge in [-0.05, 0) is 61.2 Å². The summed E-state index contributed by atoms with van der Waals surface area (Å²) in [5, 5.41) is 3.09. The molecule has 35 heavy (non-hydrogen) atoms. The van der Waals surface area contributed by atoms with Gasteiger partial charge in [0.15, 0.2) is 6.61 Å².